The maximum Gasteiger partial charge on any atom is 0.0887 e. The Hall–Kier alpha value is -7.95. The fourth-order valence-corrected chi connectivity index (χ4v) is 13.0. The molecule has 0 bridgehead atoms. The summed E-state index contributed by atoms with van der Waals surface area (Å²) in [5.41, 5.74) is 17.6. The Bertz CT molecular complexity index is 4320. The van der Waals surface area contributed by atoms with Crippen molar-refractivity contribution in [2.24, 2.45) is 0 Å². The summed E-state index contributed by atoms with van der Waals surface area (Å²) < 4.78 is 1.20. The fraction of sp³-hybridized carbons (Fsp3) is 0.205. The number of nitrogens with zero attached hydrogens (tertiary/aromatic N) is 2. The fourth-order valence-electron chi connectivity index (χ4n) is 11.8. The number of thiophene rings is 1. The molecule has 12 aromatic rings. The summed E-state index contributed by atoms with van der Waals surface area (Å²) in [5, 5.41) is 11.6. The molecule has 0 radical (unpaired) electrons. The Morgan fingerprint density at radius 2 is 0.780 bits per heavy atom. The number of anilines is 6. The van der Waals surface area contributed by atoms with E-state index in [0.717, 1.165) is 56.2 Å². The maximum atomic E-state index is 8.44. The van der Waals surface area contributed by atoms with E-state index >= 15 is 0 Å². The Morgan fingerprint density at radius 3 is 1.39 bits per heavy atom. The largest absolute Gasteiger partial charge is 0.308 e. The number of fused-ring (bicyclic) bond motifs is 7. The van der Waals surface area contributed by atoms with E-state index in [9.17, 15) is 0 Å². The van der Waals surface area contributed by atoms with Crippen molar-refractivity contribution in [1.29, 1.82) is 0 Å². The first-order valence-electron chi connectivity index (χ1n) is 28.9. The van der Waals surface area contributed by atoms with Crippen molar-refractivity contribution in [1.82, 2.24) is 0 Å². The van der Waals surface area contributed by atoms with Gasteiger partial charge in [0.25, 0.3) is 0 Å². The van der Waals surface area contributed by atoms with Crippen LogP contribution in [0.15, 0.2) is 224 Å². The summed E-state index contributed by atoms with van der Waals surface area (Å²) >= 11 is 10.2. The van der Waals surface area contributed by atoms with Crippen LogP contribution in [-0.4, -0.2) is 0 Å². The van der Waals surface area contributed by atoms with Gasteiger partial charge in [-0.05, 0) is 159 Å². The molecule has 1 aromatic heterocycles. The molecule has 0 saturated carbocycles. The second-order valence-corrected chi connectivity index (χ2v) is 27.7. The van der Waals surface area contributed by atoms with Gasteiger partial charge in [0, 0.05) is 32.3 Å². The van der Waals surface area contributed by atoms with E-state index in [1.807, 2.05) is 0 Å². The lowest BCUT2D eigenvalue weighted by atomic mass is 9.78. The highest BCUT2D eigenvalue weighted by molar-refractivity contribution is 7.17. The smallest absolute Gasteiger partial charge is 0.0887 e. The van der Waals surface area contributed by atoms with Crippen LogP contribution in [0.5, 0.6) is 0 Å². The molecule has 0 spiro atoms. The van der Waals surface area contributed by atoms with Gasteiger partial charge < -0.3 is 9.80 Å². The molecular formula is C78H73ClN2S. The van der Waals surface area contributed by atoms with Crippen molar-refractivity contribution in [3.8, 4) is 33.4 Å². The van der Waals surface area contributed by atoms with Crippen molar-refractivity contribution in [2.45, 2.75) is 105 Å². The highest BCUT2D eigenvalue weighted by Crippen LogP contribution is 2.53. The van der Waals surface area contributed by atoms with Crippen molar-refractivity contribution in [2.75, 3.05) is 9.80 Å². The molecule has 0 aliphatic carbocycles. The average Bonchev–Trinajstić information content (AvgIpc) is 2.58. The van der Waals surface area contributed by atoms with E-state index in [2.05, 4.69) is 317 Å². The minimum absolute atomic E-state index is 0.0455. The van der Waals surface area contributed by atoms with Crippen LogP contribution in [0.2, 0.25) is 5.02 Å². The molecule has 1 heterocycles. The van der Waals surface area contributed by atoms with Gasteiger partial charge >= 0.3 is 0 Å². The zero-order valence-corrected chi connectivity index (χ0v) is 51.1. The number of halogens is 1. The van der Waals surface area contributed by atoms with Crippen molar-refractivity contribution >= 4 is 99.5 Å². The van der Waals surface area contributed by atoms with Gasteiger partial charge in [-0.25, -0.2) is 0 Å². The molecule has 2 nitrogen and oxygen atoms in total. The quantitative estimate of drug-likeness (QED) is 0.133. The minimum atomic E-state index is -0.124. The molecule has 408 valence electrons. The first kappa shape index (κ1) is 54.6. The van der Waals surface area contributed by atoms with E-state index in [-0.39, 0.29) is 21.7 Å². The van der Waals surface area contributed by atoms with Crippen LogP contribution in [-0.2, 0) is 21.7 Å². The van der Waals surface area contributed by atoms with E-state index < -0.39 is 0 Å². The molecule has 0 aliphatic heterocycles. The molecule has 4 heteroatoms. The summed E-state index contributed by atoms with van der Waals surface area (Å²) in [5.74, 6) is 0. The third-order valence-electron chi connectivity index (χ3n) is 16.6. The van der Waals surface area contributed by atoms with Crippen molar-refractivity contribution in [3.63, 3.8) is 0 Å². The monoisotopic (exact) mass is 1100 g/mol. The highest BCUT2D eigenvalue weighted by Gasteiger charge is 2.30. The first-order valence-corrected chi connectivity index (χ1v) is 30.2. The molecule has 0 aliphatic rings. The Labute approximate surface area is 495 Å². The number of hydrogen-bond acceptors (Lipinski definition) is 3. The van der Waals surface area contributed by atoms with E-state index in [4.69, 9.17) is 11.6 Å². The molecule has 0 N–H and O–H groups in total. The van der Waals surface area contributed by atoms with Crippen molar-refractivity contribution in [3.05, 3.63) is 251 Å². The van der Waals surface area contributed by atoms with E-state index in [1.165, 1.54) is 76.0 Å². The van der Waals surface area contributed by atoms with E-state index in [0.29, 0.717) is 5.02 Å². The molecule has 11 aromatic carbocycles. The molecule has 82 heavy (non-hydrogen) atoms. The van der Waals surface area contributed by atoms with Crippen molar-refractivity contribution < 1.29 is 0 Å². The normalized spacial score (nSPS) is 12.5. The number of para-hydroxylation sites is 1. The molecule has 0 amide bonds. The molecule has 12 rings (SSSR count). The van der Waals surface area contributed by atoms with Gasteiger partial charge in [0.05, 0.1) is 33.5 Å². The van der Waals surface area contributed by atoms with Crippen LogP contribution < -0.4 is 9.80 Å². The maximum absolute atomic E-state index is 8.44. The van der Waals surface area contributed by atoms with Gasteiger partial charge in [-0.2, -0.15) is 0 Å². The lowest BCUT2D eigenvalue weighted by Crippen LogP contribution is -2.18. The number of hydrogen-bond donors (Lipinski definition) is 0. The second kappa shape index (κ2) is 20.8. The van der Waals surface area contributed by atoms with E-state index in [1.54, 1.807) is 11.3 Å². The van der Waals surface area contributed by atoms with Crippen LogP contribution in [0.1, 0.15) is 105 Å². The van der Waals surface area contributed by atoms with Crippen LogP contribution in [0.4, 0.5) is 34.1 Å². The predicted octanol–water partition coefficient (Wildman–Crippen LogP) is 24.1. The lowest BCUT2D eigenvalue weighted by molar-refractivity contribution is 0.569. The summed E-state index contributed by atoms with van der Waals surface area (Å²) in [6.45, 7) is 27.7. The third kappa shape index (κ3) is 10.2. The van der Waals surface area contributed by atoms with Gasteiger partial charge in [-0.15, -0.1) is 11.3 Å². The standard InChI is InChI=1S/C78H73ClN2S/c1-75(2,3)54-35-38-58(39-36-54)80(69-41-37-55(76(4,5)6)48-65(69)52-33-40-64-62-28-17-16-26-60(62)61-27-18-19-29-63(61)66(64)46-52)70-31-22-32-71(74(70)79)81(72-49-82-73-42-34-51(45-67(72)73)50-23-14-13-15-24-50)68-30-21-20-25-59(68)53-43-56(77(7,8)9)47-57(44-53)78(10,11)12/h13-49H,1-12H3. The van der Waals surface area contributed by atoms with Gasteiger partial charge in [0.2, 0.25) is 0 Å². The number of benzene rings is 11. The number of rotatable bonds is 9. The SMILES string of the molecule is CC(C)(C)c1ccc(N(c2ccc(C(C)(C)C)cc2-c2ccc3c4ccccc4c4ccccc4c3c2)c2cccc(N(c3ccccc3-c3cc(C(C)(C)C)cc(C(C)(C)C)c3)c3csc4ccc(-c5ccccc5)cc34)c2Cl)cc1. The first-order chi connectivity index (χ1) is 39.1. The van der Waals surface area contributed by atoms with Gasteiger partial charge in [0.15, 0.2) is 0 Å². The Morgan fingerprint density at radius 1 is 0.293 bits per heavy atom. The zero-order valence-electron chi connectivity index (χ0n) is 49.5. The van der Waals surface area contributed by atoms with Gasteiger partial charge in [0.1, 0.15) is 0 Å². The summed E-state index contributed by atoms with van der Waals surface area (Å²) in [7, 11) is 0. The predicted molar refractivity (Wildman–Crippen MR) is 360 cm³/mol. The highest BCUT2D eigenvalue weighted by atomic mass is 35.5. The van der Waals surface area contributed by atoms with Crippen LogP contribution >= 0.6 is 22.9 Å². The topological polar surface area (TPSA) is 6.48 Å². The summed E-state index contributed by atoms with van der Waals surface area (Å²) in [6.07, 6.45) is 0. The van der Waals surface area contributed by atoms with Gasteiger partial charge in [-0.3, -0.25) is 0 Å². The Kier molecular flexibility index (Phi) is 13.9. The van der Waals surface area contributed by atoms with Crippen LogP contribution in [0.3, 0.4) is 0 Å². The van der Waals surface area contributed by atoms with Gasteiger partial charge in [-0.1, -0.05) is 252 Å². The average molecular weight is 1110 g/mol. The zero-order chi connectivity index (χ0) is 57.5. The molecule has 0 saturated heterocycles. The molecule has 0 atom stereocenters. The molecule has 0 fully saturated rings. The summed E-state index contributed by atoms with van der Waals surface area (Å²) in [6, 6.07) is 81.4. The molecule has 0 unspecified atom stereocenters. The van der Waals surface area contributed by atoms with Crippen LogP contribution in [0.25, 0.3) is 75.8 Å². The molecular weight excluding hydrogens is 1030 g/mol. The minimum Gasteiger partial charge on any atom is -0.308 e. The Balaban J connectivity index is 1.14. The summed E-state index contributed by atoms with van der Waals surface area (Å²) in [4.78, 5) is 4.85. The van der Waals surface area contributed by atoms with Crippen LogP contribution in [0, 0.1) is 0 Å². The second-order valence-electron chi connectivity index (χ2n) is 26.4. The third-order valence-corrected chi connectivity index (χ3v) is 18.0. The lowest BCUT2D eigenvalue weighted by Gasteiger charge is -2.33.